The highest BCUT2D eigenvalue weighted by Crippen LogP contribution is 2.36. The minimum atomic E-state index is 0.00439. The second-order valence-electron chi connectivity index (χ2n) is 6.99. The van der Waals surface area contributed by atoms with Crippen LogP contribution in [0.15, 0.2) is 22.6 Å². The van der Waals surface area contributed by atoms with Crippen LogP contribution in [0.5, 0.6) is 0 Å². The van der Waals surface area contributed by atoms with Crippen LogP contribution in [0.4, 0.5) is 0 Å². The van der Waals surface area contributed by atoms with Gasteiger partial charge in [-0.25, -0.2) is 4.98 Å². The Morgan fingerprint density at radius 1 is 1.44 bits per heavy atom. The summed E-state index contributed by atoms with van der Waals surface area (Å²) in [5, 5.41) is 1.39. The summed E-state index contributed by atoms with van der Waals surface area (Å²) in [4.78, 5) is 34.3. The molecule has 27 heavy (non-hydrogen) atoms. The number of rotatable bonds is 7. The van der Waals surface area contributed by atoms with Gasteiger partial charge in [0.05, 0.1) is 11.1 Å². The minimum absolute atomic E-state index is 0.00439. The van der Waals surface area contributed by atoms with Gasteiger partial charge >= 0.3 is 0 Å². The van der Waals surface area contributed by atoms with Crippen molar-refractivity contribution >= 4 is 39.2 Å². The van der Waals surface area contributed by atoms with Crippen LogP contribution in [0.1, 0.15) is 37.6 Å². The molecule has 0 saturated carbocycles. The van der Waals surface area contributed by atoms with E-state index in [9.17, 15) is 9.59 Å². The molecule has 3 rings (SSSR count). The minimum Gasteiger partial charge on any atom is -0.343 e. The molecule has 1 amide bonds. The Balaban J connectivity index is 1.99. The van der Waals surface area contributed by atoms with Crippen molar-refractivity contribution in [3.05, 3.63) is 33.4 Å². The molecule has 0 bridgehead atoms. The van der Waals surface area contributed by atoms with Crippen LogP contribution >= 0.6 is 23.1 Å². The molecule has 0 spiro atoms. The molecule has 2 heterocycles. The molecule has 0 aliphatic heterocycles. The molecule has 1 aliphatic carbocycles. The molecule has 1 atom stereocenters. The normalized spacial score (nSPS) is 16.3. The molecule has 0 saturated heterocycles. The summed E-state index contributed by atoms with van der Waals surface area (Å²) in [5.74, 6) is 1.02. The van der Waals surface area contributed by atoms with Crippen LogP contribution < -0.4 is 5.56 Å². The number of thioether (sulfide) groups is 1. The van der Waals surface area contributed by atoms with Gasteiger partial charge in [-0.15, -0.1) is 17.9 Å². The molecule has 2 aromatic heterocycles. The molecule has 7 heteroatoms. The predicted octanol–water partition coefficient (Wildman–Crippen LogP) is 3.73. The number of amides is 1. The SMILES string of the molecule is C=CCn1c(SCC(=O)N(CC)CC)nc2sc3c(c2c1=O)CCC(C)C3. The van der Waals surface area contributed by atoms with Gasteiger partial charge in [-0.2, -0.15) is 0 Å². The van der Waals surface area contributed by atoms with Crippen molar-refractivity contribution in [2.45, 2.75) is 51.7 Å². The Morgan fingerprint density at radius 2 is 2.19 bits per heavy atom. The van der Waals surface area contributed by atoms with E-state index in [2.05, 4.69) is 13.5 Å². The lowest BCUT2D eigenvalue weighted by Crippen LogP contribution is -2.32. The fourth-order valence-corrected chi connectivity index (χ4v) is 5.93. The van der Waals surface area contributed by atoms with Crippen molar-refractivity contribution in [3.8, 4) is 0 Å². The first-order chi connectivity index (χ1) is 13.0. The summed E-state index contributed by atoms with van der Waals surface area (Å²) in [5.41, 5.74) is 1.20. The fourth-order valence-electron chi connectivity index (χ4n) is 3.60. The first-order valence-corrected chi connectivity index (χ1v) is 11.4. The molecular formula is C20H27N3O2S2. The van der Waals surface area contributed by atoms with Gasteiger partial charge in [0.25, 0.3) is 5.56 Å². The number of thiophene rings is 1. The molecule has 5 nitrogen and oxygen atoms in total. The molecule has 146 valence electrons. The molecule has 1 aliphatic rings. The number of aromatic nitrogens is 2. The largest absolute Gasteiger partial charge is 0.343 e. The number of nitrogens with zero attached hydrogens (tertiary/aromatic N) is 3. The van der Waals surface area contributed by atoms with Gasteiger partial charge < -0.3 is 4.90 Å². The van der Waals surface area contributed by atoms with Gasteiger partial charge in [0.15, 0.2) is 5.16 Å². The first-order valence-electron chi connectivity index (χ1n) is 9.56. The Kier molecular flexibility index (Phi) is 6.42. The van der Waals surface area contributed by atoms with Crippen LogP contribution in [0.25, 0.3) is 10.2 Å². The van der Waals surface area contributed by atoms with Crippen LogP contribution in [0, 0.1) is 5.92 Å². The lowest BCUT2D eigenvalue weighted by Gasteiger charge is -2.19. The smallest absolute Gasteiger partial charge is 0.263 e. The highest BCUT2D eigenvalue weighted by molar-refractivity contribution is 7.99. The second-order valence-corrected chi connectivity index (χ2v) is 9.01. The summed E-state index contributed by atoms with van der Waals surface area (Å²) >= 11 is 3.00. The van der Waals surface area contributed by atoms with Crippen LogP contribution in [-0.4, -0.2) is 39.2 Å². The number of carbonyl (C=O) groups is 1. The number of allylic oxidation sites excluding steroid dienone is 1. The van der Waals surface area contributed by atoms with Crippen molar-refractivity contribution in [2.75, 3.05) is 18.8 Å². The molecule has 2 aromatic rings. The number of carbonyl (C=O) groups excluding carboxylic acids is 1. The van der Waals surface area contributed by atoms with E-state index < -0.39 is 0 Å². The standard InChI is InChI=1S/C20H27N3O2S2/c1-5-10-23-19(25)17-14-9-8-13(4)11-15(14)27-18(17)21-20(23)26-12-16(24)22(6-2)7-3/h5,13H,1,6-12H2,2-4H3. The zero-order chi connectivity index (χ0) is 19.6. The van der Waals surface area contributed by atoms with Gasteiger partial charge in [-0.3, -0.25) is 14.2 Å². The third kappa shape index (κ3) is 3.99. The second kappa shape index (κ2) is 8.61. The van der Waals surface area contributed by atoms with E-state index in [1.54, 1.807) is 26.9 Å². The highest BCUT2D eigenvalue weighted by atomic mass is 32.2. The van der Waals surface area contributed by atoms with Gasteiger partial charge in [0.2, 0.25) is 5.91 Å². The highest BCUT2D eigenvalue weighted by Gasteiger charge is 2.25. The monoisotopic (exact) mass is 405 g/mol. The summed E-state index contributed by atoms with van der Waals surface area (Å²) in [6.07, 6.45) is 4.81. The summed E-state index contributed by atoms with van der Waals surface area (Å²) < 4.78 is 1.67. The number of hydrogen-bond donors (Lipinski definition) is 0. The Bertz CT molecular complexity index is 912. The molecule has 0 aromatic carbocycles. The van der Waals surface area contributed by atoms with Crippen LogP contribution in [-0.2, 0) is 24.2 Å². The topological polar surface area (TPSA) is 55.2 Å². The van der Waals surface area contributed by atoms with Crippen molar-refractivity contribution in [1.29, 1.82) is 0 Å². The van der Waals surface area contributed by atoms with E-state index in [-0.39, 0.29) is 11.5 Å². The average Bonchev–Trinajstić information content (AvgIpc) is 3.01. The molecule has 1 unspecified atom stereocenters. The third-order valence-corrected chi connectivity index (χ3v) is 7.24. The van der Waals surface area contributed by atoms with E-state index >= 15 is 0 Å². The van der Waals surface area contributed by atoms with Gasteiger partial charge in [-0.1, -0.05) is 24.8 Å². The summed E-state index contributed by atoms with van der Waals surface area (Å²) in [7, 11) is 0. The zero-order valence-electron chi connectivity index (χ0n) is 16.3. The maximum Gasteiger partial charge on any atom is 0.263 e. The average molecular weight is 406 g/mol. The van der Waals surface area contributed by atoms with Gasteiger partial charge in [0.1, 0.15) is 4.83 Å². The van der Waals surface area contributed by atoms with E-state index in [0.717, 1.165) is 29.5 Å². The molecule has 0 radical (unpaired) electrons. The molecular weight excluding hydrogens is 378 g/mol. The number of aryl methyl sites for hydroxylation is 1. The van der Waals surface area contributed by atoms with Crippen molar-refractivity contribution in [1.82, 2.24) is 14.5 Å². The van der Waals surface area contributed by atoms with E-state index in [1.165, 1.54) is 22.2 Å². The first kappa shape index (κ1) is 20.1. The third-order valence-electron chi connectivity index (χ3n) is 5.13. The fraction of sp³-hybridized carbons (Fsp3) is 0.550. The Hall–Kier alpha value is -1.60. The van der Waals surface area contributed by atoms with Crippen molar-refractivity contribution < 1.29 is 4.79 Å². The Labute approximate surface area is 168 Å². The Morgan fingerprint density at radius 3 is 2.85 bits per heavy atom. The number of fused-ring (bicyclic) bond motifs is 3. The maximum absolute atomic E-state index is 13.2. The zero-order valence-corrected chi connectivity index (χ0v) is 17.9. The lowest BCUT2D eigenvalue weighted by molar-refractivity contribution is -0.127. The van der Waals surface area contributed by atoms with Crippen LogP contribution in [0.2, 0.25) is 0 Å². The lowest BCUT2D eigenvalue weighted by atomic mass is 9.89. The van der Waals surface area contributed by atoms with Gasteiger partial charge in [0, 0.05) is 24.5 Å². The molecule has 0 N–H and O–H groups in total. The van der Waals surface area contributed by atoms with Crippen molar-refractivity contribution in [2.24, 2.45) is 5.92 Å². The quantitative estimate of drug-likeness (QED) is 0.400. The van der Waals surface area contributed by atoms with E-state index in [0.29, 0.717) is 36.5 Å². The molecule has 0 fully saturated rings. The van der Waals surface area contributed by atoms with Crippen LogP contribution in [0.3, 0.4) is 0 Å². The maximum atomic E-state index is 13.2. The number of hydrogen-bond acceptors (Lipinski definition) is 5. The summed E-state index contributed by atoms with van der Waals surface area (Å²) in [6, 6.07) is 0. The van der Waals surface area contributed by atoms with Gasteiger partial charge in [-0.05, 0) is 44.6 Å². The van der Waals surface area contributed by atoms with E-state index in [1.807, 2.05) is 13.8 Å². The predicted molar refractivity (Wildman–Crippen MR) is 114 cm³/mol. The summed E-state index contributed by atoms with van der Waals surface area (Å²) in [6.45, 7) is 11.8. The van der Waals surface area contributed by atoms with E-state index in [4.69, 9.17) is 4.98 Å². The van der Waals surface area contributed by atoms with Crippen molar-refractivity contribution in [3.63, 3.8) is 0 Å².